The van der Waals surface area contributed by atoms with Crippen LogP contribution < -0.4 is 21.8 Å². The summed E-state index contributed by atoms with van der Waals surface area (Å²) in [5.41, 5.74) is -0.237. The van der Waals surface area contributed by atoms with Crippen LogP contribution in [0.25, 0.3) is 10.8 Å². The molecule has 0 spiro atoms. The van der Waals surface area contributed by atoms with Gasteiger partial charge in [-0.2, -0.15) is 0 Å². The summed E-state index contributed by atoms with van der Waals surface area (Å²) in [5.74, 6) is -1.01. The smallest absolute Gasteiger partial charge is 0.287 e. The van der Waals surface area contributed by atoms with E-state index in [0.29, 0.717) is 10.2 Å². The van der Waals surface area contributed by atoms with Crippen LogP contribution in [-0.4, -0.2) is 28.6 Å². The lowest BCUT2D eigenvalue weighted by molar-refractivity contribution is -0.115. The fraction of sp³-hybridized carbons (Fsp3) is 0.125. The van der Waals surface area contributed by atoms with Crippen LogP contribution in [0, 0.1) is 6.92 Å². The summed E-state index contributed by atoms with van der Waals surface area (Å²) in [6.45, 7) is 1.36. The summed E-state index contributed by atoms with van der Waals surface area (Å²) in [6, 6.07) is 6.13. The molecular weight excluding hydrogens is 408 g/mol. The molecule has 134 valence electrons. The van der Waals surface area contributed by atoms with Crippen molar-refractivity contribution in [2.24, 2.45) is 0 Å². The average molecular weight is 421 g/mol. The number of aryl methyl sites for hydroxylation is 1. The fourth-order valence-corrected chi connectivity index (χ4v) is 2.94. The molecule has 3 rings (SSSR count). The van der Waals surface area contributed by atoms with E-state index in [0.717, 1.165) is 0 Å². The summed E-state index contributed by atoms with van der Waals surface area (Å²) in [7, 11) is 0. The molecule has 0 aliphatic carbocycles. The lowest BCUT2D eigenvalue weighted by Crippen LogP contribution is -2.33. The second kappa shape index (κ2) is 7.00. The molecule has 4 N–H and O–H groups in total. The minimum Gasteiger partial charge on any atom is -0.444 e. The molecule has 0 aliphatic heterocycles. The Kier molecular flexibility index (Phi) is 4.76. The second-order valence-corrected chi connectivity index (χ2v) is 6.21. The highest BCUT2D eigenvalue weighted by atomic mass is 79.9. The van der Waals surface area contributed by atoms with E-state index in [4.69, 9.17) is 4.42 Å². The van der Waals surface area contributed by atoms with Crippen LogP contribution in [-0.2, 0) is 4.79 Å². The zero-order valence-electron chi connectivity index (χ0n) is 13.4. The molecule has 3 aromatic rings. The number of hydrogen-bond donors (Lipinski definition) is 4. The number of hydrogen-bond acceptors (Lipinski definition) is 5. The number of anilines is 1. The van der Waals surface area contributed by atoms with Gasteiger partial charge in [0.15, 0.2) is 10.4 Å². The van der Waals surface area contributed by atoms with E-state index < -0.39 is 22.9 Å². The number of benzene rings is 1. The van der Waals surface area contributed by atoms with E-state index in [2.05, 4.69) is 36.8 Å². The van der Waals surface area contributed by atoms with E-state index in [9.17, 15) is 19.2 Å². The highest BCUT2D eigenvalue weighted by Gasteiger charge is 2.16. The molecule has 0 unspecified atom stereocenters. The van der Waals surface area contributed by atoms with Crippen LogP contribution in [0.5, 0.6) is 0 Å². The molecule has 2 aromatic heterocycles. The van der Waals surface area contributed by atoms with Crippen molar-refractivity contribution in [1.29, 1.82) is 0 Å². The number of aromatic nitrogens is 2. The van der Waals surface area contributed by atoms with Gasteiger partial charge < -0.3 is 15.1 Å². The quantitative estimate of drug-likeness (QED) is 0.503. The molecule has 9 nitrogen and oxygen atoms in total. The van der Waals surface area contributed by atoms with Gasteiger partial charge in [-0.05, 0) is 41.1 Å². The van der Waals surface area contributed by atoms with Crippen molar-refractivity contribution in [3.05, 3.63) is 61.0 Å². The Morgan fingerprint density at radius 3 is 2.62 bits per heavy atom. The third kappa shape index (κ3) is 3.45. The summed E-state index contributed by atoms with van der Waals surface area (Å²) >= 11 is 3.12. The van der Waals surface area contributed by atoms with Crippen LogP contribution in [0.15, 0.2) is 42.9 Å². The standard InChI is InChI=1S/C16H13BrN4O5/c1-7-5-10(17)26-13(7)16(25)18-6-11(22)19-9-4-2-3-8-12(9)15(24)21-20-14(8)23/h2-5H,6H2,1H3,(H,18,25)(H,19,22)(H,20,23)(H,21,24). The van der Waals surface area contributed by atoms with Crippen LogP contribution >= 0.6 is 15.9 Å². The van der Waals surface area contributed by atoms with Gasteiger partial charge in [-0.25, -0.2) is 0 Å². The van der Waals surface area contributed by atoms with E-state index in [-0.39, 0.29) is 28.8 Å². The van der Waals surface area contributed by atoms with Crippen molar-refractivity contribution in [2.75, 3.05) is 11.9 Å². The van der Waals surface area contributed by atoms with Gasteiger partial charge in [0.1, 0.15) is 0 Å². The Bertz CT molecular complexity index is 1130. The first-order valence-corrected chi connectivity index (χ1v) is 8.24. The lowest BCUT2D eigenvalue weighted by atomic mass is 10.1. The van der Waals surface area contributed by atoms with Crippen molar-refractivity contribution < 1.29 is 14.0 Å². The largest absolute Gasteiger partial charge is 0.444 e. The molecule has 0 radical (unpaired) electrons. The van der Waals surface area contributed by atoms with E-state index in [1.54, 1.807) is 13.0 Å². The maximum atomic E-state index is 12.1. The van der Waals surface area contributed by atoms with E-state index in [1.165, 1.54) is 18.2 Å². The minimum atomic E-state index is -0.561. The van der Waals surface area contributed by atoms with Gasteiger partial charge in [-0.3, -0.25) is 29.4 Å². The number of halogens is 1. The monoisotopic (exact) mass is 420 g/mol. The van der Waals surface area contributed by atoms with Gasteiger partial charge in [-0.15, -0.1) is 0 Å². The molecule has 2 heterocycles. The van der Waals surface area contributed by atoms with Gasteiger partial charge in [0.25, 0.3) is 17.0 Å². The first kappa shape index (κ1) is 17.7. The van der Waals surface area contributed by atoms with Crippen molar-refractivity contribution in [2.45, 2.75) is 6.92 Å². The molecule has 1 aromatic carbocycles. The van der Waals surface area contributed by atoms with Gasteiger partial charge in [0, 0.05) is 5.56 Å². The normalized spacial score (nSPS) is 10.7. The average Bonchev–Trinajstić information content (AvgIpc) is 2.94. The topological polar surface area (TPSA) is 137 Å². The highest BCUT2D eigenvalue weighted by molar-refractivity contribution is 9.10. The zero-order chi connectivity index (χ0) is 18.8. The molecule has 0 saturated carbocycles. The number of nitrogens with one attached hydrogen (secondary N) is 4. The van der Waals surface area contributed by atoms with Crippen molar-refractivity contribution >= 4 is 44.2 Å². The van der Waals surface area contributed by atoms with Gasteiger partial charge in [0.05, 0.1) is 23.0 Å². The second-order valence-electron chi connectivity index (χ2n) is 5.43. The third-order valence-electron chi connectivity index (χ3n) is 3.60. The van der Waals surface area contributed by atoms with Crippen molar-refractivity contribution in [1.82, 2.24) is 15.5 Å². The molecule has 0 aliphatic rings. The number of fused-ring (bicyclic) bond motifs is 1. The molecule has 0 atom stereocenters. The molecule has 0 saturated heterocycles. The van der Waals surface area contributed by atoms with Gasteiger partial charge in [-0.1, -0.05) is 6.07 Å². The third-order valence-corrected chi connectivity index (χ3v) is 3.99. The molecular formula is C16H13BrN4O5. The number of aromatic amines is 2. The van der Waals surface area contributed by atoms with Crippen LogP contribution in [0.3, 0.4) is 0 Å². The van der Waals surface area contributed by atoms with Crippen LogP contribution in [0.4, 0.5) is 5.69 Å². The first-order valence-electron chi connectivity index (χ1n) is 7.44. The lowest BCUT2D eigenvalue weighted by Gasteiger charge is -2.08. The number of rotatable bonds is 4. The number of carbonyl (C=O) groups is 2. The Morgan fingerprint density at radius 1 is 1.19 bits per heavy atom. The summed E-state index contributed by atoms with van der Waals surface area (Å²) in [6.07, 6.45) is 0. The number of carbonyl (C=O) groups excluding carboxylic acids is 2. The predicted octanol–water partition coefficient (Wildman–Crippen LogP) is 1.25. The Morgan fingerprint density at radius 2 is 1.92 bits per heavy atom. The van der Waals surface area contributed by atoms with Crippen molar-refractivity contribution in [3.63, 3.8) is 0 Å². The molecule has 26 heavy (non-hydrogen) atoms. The summed E-state index contributed by atoms with van der Waals surface area (Å²) < 4.78 is 5.61. The SMILES string of the molecule is Cc1cc(Br)oc1C(=O)NCC(=O)Nc1cccc2c(=O)[nH][nH]c(=O)c12. The maximum Gasteiger partial charge on any atom is 0.287 e. The Balaban J connectivity index is 1.75. The van der Waals surface area contributed by atoms with Crippen LogP contribution in [0.1, 0.15) is 16.1 Å². The fourth-order valence-electron chi connectivity index (χ4n) is 2.44. The zero-order valence-corrected chi connectivity index (χ0v) is 15.0. The highest BCUT2D eigenvalue weighted by Crippen LogP contribution is 2.19. The Hall–Kier alpha value is -3.14. The molecule has 2 amide bonds. The molecule has 0 bridgehead atoms. The summed E-state index contributed by atoms with van der Waals surface area (Å²) in [4.78, 5) is 47.9. The number of H-pyrrole nitrogens is 2. The van der Waals surface area contributed by atoms with E-state index in [1.807, 2.05) is 0 Å². The van der Waals surface area contributed by atoms with Crippen molar-refractivity contribution in [3.8, 4) is 0 Å². The van der Waals surface area contributed by atoms with Crippen LogP contribution in [0.2, 0.25) is 0 Å². The first-order chi connectivity index (χ1) is 12.4. The maximum absolute atomic E-state index is 12.1. The summed E-state index contributed by atoms with van der Waals surface area (Å²) in [5, 5.41) is 9.56. The predicted molar refractivity (Wildman–Crippen MR) is 97.3 cm³/mol. The van der Waals surface area contributed by atoms with Gasteiger partial charge >= 0.3 is 0 Å². The number of amides is 2. The molecule has 10 heteroatoms. The Labute approximate surface area is 153 Å². The van der Waals surface area contributed by atoms with E-state index >= 15 is 0 Å². The molecule has 0 fully saturated rings. The number of furan rings is 1. The minimum absolute atomic E-state index is 0.0572. The van der Waals surface area contributed by atoms with Gasteiger partial charge in [0.2, 0.25) is 5.91 Å².